The Kier molecular flexibility index (Phi) is 4.62. The smallest absolute Gasteiger partial charge is 0.414 e. The standard InChI is InChI=1S/C14H17BrN4O2/c1-14(2,3)21-13(20)17-12-16-9-19(18-12)8-10-5-4-6-11(15)7-10/h4-7,9H,8H2,1-3H3,(H,17,18,20). The lowest BCUT2D eigenvalue weighted by Crippen LogP contribution is -2.27. The van der Waals surface area contributed by atoms with Gasteiger partial charge in [0, 0.05) is 4.47 Å². The van der Waals surface area contributed by atoms with Crippen molar-refractivity contribution in [2.75, 3.05) is 5.32 Å². The number of halogens is 1. The van der Waals surface area contributed by atoms with E-state index in [0.717, 1.165) is 10.0 Å². The molecule has 1 amide bonds. The molecular formula is C14H17BrN4O2. The van der Waals surface area contributed by atoms with Crippen LogP contribution in [0.3, 0.4) is 0 Å². The van der Waals surface area contributed by atoms with Crippen molar-refractivity contribution in [3.63, 3.8) is 0 Å². The van der Waals surface area contributed by atoms with E-state index in [4.69, 9.17) is 4.74 Å². The van der Waals surface area contributed by atoms with Crippen molar-refractivity contribution >= 4 is 28.0 Å². The van der Waals surface area contributed by atoms with Crippen LogP contribution in [-0.4, -0.2) is 26.5 Å². The van der Waals surface area contributed by atoms with Gasteiger partial charge in [-0.05, 0) is 38.5 Å². The molecule has 2 aromatic rings. The van der Waals surface area contributed by atoms with Gasteiger partial charge in [-0.25, -0.2) is 14.5 Å². The van der Waals surface area contributed by atoms with E-state index >= 15 is 0 Å². The molecule has 1 aromatic carbocycles. The average Bonchev–Trinajstić information content (AvgIpc) is 2.73. The Morgan fingerprint density at radius 3 is 2.86 bits per heavy atom. The molecule has 0 bridgehead atoms. The fraction of sp³-hybridized carbons (Fsp3) is 0.357. The molecular weight excluding hydrogens is 336 g/mol. The van der Waals surface area contributed by atoms with Gasteiger partial charge < -0.3 is 4.74 Å². The quantitative estimate of drug-likeness (QED) is 0.918. The van der Waals surface area contributed by atoms with E-state index in [1.165, 1.54) is 0 Å². The van der Waals surface area contributed by atoms with Crippen molar-refractivity contribution in [1.82, 2.24) is 14.8 Å². The second-order valence-electron chi connectivity index (χ2n) is 5.52. The number of nitrogens with one attached hydrogen (secondary N) is 1. The SMILES string of the molecule is CC(C)(C)OC(=O)Nc1ncn(Cc2cccc(Br)c2)n1. The van der Waals surface area contributed by atoms with Crippen molar-refractivity contribution in [1.29, 1.82) is 0 Å². The van der Waals surface area contributed by atoms with Crippen LogP contribution in [0.25, 0.3) is 0 Å². The molecule has 0 fully saturated rings. The number of carbonyl (C=O) groups excluding carboxylic acids is 1. The van der Waals surface area contributed by atoms with Gasteiger partial charge in [-0.1, -0.05) is 28.1 Å². The number of amides is 1. The third-order valence-corrected chi connectivity index (χ3v) is 2.88. The summed E-state index contributed by atoms with van der Waals surface area (Å²) in [5, 5.41) is 6.69. The first-order chi connectivity index (χ1) is 9.82. The highest BCUT2D eigenvalue weighted by Crippen LogP contribution is 2.13. The Morgan fingerprint density at radius 2 is 2.19 bits per heavy atom. The van der Waals surface area contributed by atoms with Crippen LogP contribution in [0.15, 0.2) is 35.1 Å². The predicted molar refractivity (Wildman–Crippen MR) is 83.1 cm³/mol. The van der Waals surface area contributed by atoms with E-state index in [1.807, 2.05) is 24.3 Å². The number of aromatic nitrogens is 3. The predicted octanol–water partition coefficient (Wildman–Crippen LogP) is 3.44. The lowest BCUT2D eigenvalue weighted by molar-refractivity contribution is 0.0634. The minimum Gasteiger partial charge on any atom is -0.444 e. The van der Waals surface area contributed by atoms with Crippen LogP contribution in [0.2, 0.25) is 0 Å². The highest BCUT2D eigenvalue weighted by atomic mass is 79.9. The molecule has 112 valence electrons. The first-order valence-corrected chi connectivity index (χ1v) is 7.25. The molecule has 1 heterocycles. The summed E-state index contributed by atoms with van der Waals surface area (Å²) < 4.78 is 7.79. The molecule has 0 unspecified atom stereocenters. The number of nitrogens with zero attached hydrogens (tertiary/aromatic N) is 3. The van der Waals surface area contributed by atoms with Gasteiger partial charge >= 0.3 is 6.09 Å². The van der Waals surface area contributed by atoms with Gasteiger partial charge in [-0.15, -0.1) is 5.10 Å². The summed E-state index contributed by atoms with van der Waals surface area (Å²) in [6.07, 6.45) is 0.996. The monoisotopic (exact) mass is 352 g/mol. The fourth-order valence-electron chi connectivity index (χ4n) is 1.65. The average molecular weight is 353 g/mol. The molecule has 21 heavy (non-hydrogen) atoms. The van der Waals surface area contributed by atoms with Crippen LogP contribution < -0.4 is 5.32 Å². The largest absolute Gasteiger partial charge is 0.444 e. The molecule has 0 aliphatic carbocycles. The van der Waals surface area contributed by atoms with E-state index in [1.54, 1.807) is 31.8 Å². The maximum absolute atomic E-state index is 11.6. The highest BCUT2D eigenvalue weighted by molar-refractivity contribution is 9.10. The number of anilines is 1. The van der Waals surface area contributed by atoms with Gasteiger partial charge in [0.05, 0.1) is 6.54 Å². The molecule has 0 aliphatic rings. The molecule has 0 saturated carbocycles. The van der Waals surface area contributed by atoms with Crippen molar-refractivity contribution in [2.45, 2.75) is 32.9 Å². The first-order valence-electron chi connectivity index (χ1n) is 6.46. The highest BCUT2D eigenvalue weighted by Gasteiger charge is 2.17. The molecule has 0 spiro atoms. The molecule has 1 aromatic heterocycles. The summed E-state index contributed by atoms with van der Waals surface area (Å²) in [5.74, 6) is 0.222. The number of carbonyl (C=O) groups is 1. The molecule has 0 aliphatic heterocycles. The zero-order valence-corrected chi connectivity index (χ0v) is 13.7. The Balaban J connectivity index is 1.97. The fourth-order valence-corrected chi connectivity index (χ4v) is 2.09. The molecule has 6 nitrogen and oxygen atoms in total. The van der Waals surface area contributed by atoms with Crippen LogP contribution in [-0.2, 0) is 11.3 Å². The van der Waals surface area contributed by atoms with Crippen LogP contribution in [0.1, 0.15) is 26.3 Å². The zero-order valence-electron chi connectivity index (χ0n) is 12.1. The van der Waals surface area contributed by atoms with Crippen LogP contribution in [0, 0.1) is 0 Å². The summed E-state index contributed by atoms with van der Waals surface area (Å²) in [4.78, 5) is 15.6. The topological polar surface area (TPSA) is 69.0 Å². The Labute approximate surface area is 131 Å². The second-order valence-corrected chi connectivity index (χ2v) is 6.44. The lowest BCUT2D eigenvalue weighted by atomic mass is 10.2. The molecule has 0 atom stereocenters. The third kappa shape index (κ3) is 5.18. The van der Waals surface area contributed by atoms with E-state index in [2.05, 4.69) is 31.3 Å². The van der Waals surface area contributed by atoms with Crippen molar-refractivity contribution < 1.29 is 9.53 Å². The number of hydrogen-bond acceptors (Lipinski definition) is 4. The van der Waals surface area contributed by atoms with Crippen molar-refractivity contribution in [3.8, 4) is 0 Å². The first kappa shape index (κ1) is 15.5. The van der Waals surface area contributed by atoms with Crippen molar-refractivity contribution in [3.05, 3.63) is 40.6 Å². The van der Waals surface area contributed by atoms with Crippen LogP contribution >= 0.6 is 15.9 Å². The molecule has 1 N–H and O–H groups in total. The molecule has 7 heteroatoms. The van der Waals surface area contributed by atoms with Gasteiger partial charge in [0.2, 0.25) is 0 Å². The minimum atomic E-state index is -0.567. The van der Waals surface area contributed by atoms with E-state index in [9.17, 15) is 4.79 Å². The molecule has 0 radical (unpaired) electrons. The van der Waals surface area contributed by atoms with E-state index < -0.39 is 11.7 Å². The summed E-state index contributed by atoms with van der Waals surface area (Å²) >= 11 is 3.42. The number of ether oxygens (including phenoxy) is 1. The molecule has 2 rings (SSSR count). The van der Waals surface area contributed by atoms with Gasteiger partial charge in [-0.3, -0.25) is 5.32 Å². The van der Waals surface area contributed by atoms with Gasteiger partial charge in [0.25, 0.3) is 5.95 Å². The Bertz CT molecular complexity index is 634. The Morgan fingerprint density at radius 1 is 1.43 bits per heavy atom. The maximum Gasteiger partial charge on any atom is 0.414 e. The normalized spacial score (nSPS) is 11.2. The summed E-state index contributed by atoms with van der Waals surface area (Å²) in [5.41, 5.74) is 0.529. The third-order valence-electron chi connectivity index (χ3n) is 2.38. The summed E-state index contributed by atoms with van der Waals surface area (Å²) in [6, 6.07) is 7.91. The number of benzene rings is 1. The van der Waals surface area contributed by atoms with Gasteiger partial charge in [0.15, 0.2) is 0 Å². The van der Waals surface area contributed by atoms with Gasteiger partial charge in [-0.2, -0.15) is 0 Å². The van der Waals surface area contributed by atoms with Crippen LogP contribution in [0.5, 0.6) is 0 Å². The summed E-state index contributed by atoms with van der Waals surface area (Å²) in [7, 11) is 0. The minimum absolute atomic E-state index is 0.222. The summed E-state index contributed by atoms with van der Waals surface area (Å²) in [6.45, 7) is 5.96. The second kappa shape index (κ2) is 6.26. The number of rotatable bonds is 3. The van der Waals surface area contributed by atoms with Crippen molar-refractivity contribution in [2.24, 2.45) is 0 Å². The van der Waals surface area contributed by atoms with Gasteiger partial charge in [0.1, 0.15) is 11.9 Å². The maximum atomic E-state index is 11.6. The Hall–Kier alpha value is -1.89. The molecule has 0 saturated heterocycles. The van der Waals surface area contributed by atoms with Crippen LogP contribution in [0.4, 0.5) is 10.7 Å². The van der Waals surface area contributed by atoms with E-state index in [0.29, 0.717) is 6.54 Å². The number of hydrogen-bond donors (Lipinski definition) is 1. The van der Waals surface area contributed by atoms with E-state index in [-0.39, 0.29) is 5.95 Å². The zero-order chi connectivity index (χ0) is 15.5. The lowest BCUT2D eigenvalue weighted by Gasteiger charge is -2.18.